The van der Waals surface area contributed by atoms with Crippen LogP contribution in [0.4, 0.5) is 4.79 Å². The Bertz CT molecular complexity index is 348. The lowest BCUT2D eigenvalue weighted by Crippen LogP contribution is -2.63. The van der Waals surface area contributed by atoms with Crippen molar-refractivity contribution in [1.29, 1.82) is 0 Å². The number of nitrogens with zero attached hydrogens (tertiary/aromatic N) is 2. The van der Waals surface area contributed by atoms with Gasteiger partial charge in [0.15, 0.2) is 0 Å². The molecule has 6 nitrogen and oxygen atoms in total. The molecule has 2 aliphatic heterocycles. The molecule has 0 spiro atoms. The second-order valence-electron chi connectivity index (χ2n) is 7.08. The number of urea groups is 1. The summed E-state index contributed by atoms with van der Waals surface area (Å²) < 4.78 is 5.50. The summed E-state index contributed by atoms with van der Waals surface area (Å²) in [6, 6.07) is -0.0414. The Hall–Kier alpha value is -0.850. The number of morpholine rings is 1. The summed E-state index contributed by atoms with van der Waals surface area (Å²) in [4.78, 5) is 16.9. The zero-order chi connectivity index (χ0) is 16.0. The summed E-state index contributed by atoms with van der Waals surface area (Å²) in [6.07, 6.45) is 2.21. The van der Waals surface area contributed by atoms with Gasteiger partial charge < -0.3 is 20.3 Å². The van der Waals surface area contributed by atoms with Crippen LogP contribution in [0.5, 0.6) is 0 Å². The molecular weight excluding hydrogens is 280 g/mol. The van der Waals surface area contributed by atoms with Crippen LogP contribution in [0, 0.1) is 5.92 Å². The predicted molar refractivity (Wildman–Crippen MR) is 88.1 cm³/mol. The third-order valence-corrected chi connectivity index (χ3v) is 4.85. The fraction of sp³-hybridized carbons (Fsp3) is 0.938. The Kier molecular flexibility index (Phi) is 6.47. The number of carbonyl (C=O) groups is 1. The summed E-state index contributed by atoms with van der Waals surface area (Å²) in [7, 11) is 2.17. The van der Waals surface area contributed by atoms with Gasteiger partial charge in [-0.15, -0.1) is 0 Å². The van der Waals surface area contributed by atoms with E-state index in [1.54, 1.807) is 0 Å². The molecule has 2 aliphatic rings. The summed E-state index contributed by atoms with van der Waals surface area (Å²) in [5.41, 5.74) is 0.0888. The van der Waals surface area contributed by atoms with Gasteiger partial charge in [-0.25, -0.2) is 4.79 Å². The Morgan fingerprint density at radius 1 is 1.14 bits per heavy atom. The largest absolute Gasteiger partial charge is 0.379 e. The van der Waals surface area contributed by atoms with Crippen LogP contribution in [0.1, 0.15) is 26.7 Å². The number of likely N-dealkylation sites (tertiary alicyclic amines) is 1. The maximum absolute atomic E-state index is 12.0. The van der Waals surface area contributed by atoms with Gasteiger partial charge in [0.25, 0.3) is 0 Å². The van der Waals surface area contributed by atoms with E-state index in [4.69, 9.17) is 4.74 Å². The van der Waals surface area contributed by atoms with Crippen molar-refractivity contribution < 1.29 is 9.53 Å². The predicted octanol–water partition coefficient (Wildman–Crippen LogP) is 0.738. The van der Waals surface area contributed by atoms with Crippen LogP contribution < -0.4 is 10.6 Å². The van der Waals surface area contributed by atoms with Gasteiger partial charge >= 0.3 is 6.03 Å². The van der Waals surface area contributed by atoms with Gasteiger partial charge in [-0.3, -0.25) is 4.90 Å². The van der Waals surface area contributed by atoms with Gasteiger partial charge in [-0.05, 0) is 38.9 Å². The number of nitrogens with one attached hydrogen (secondary N) is 2. The van der Waals surface area contributed by atoms with Gasteiger partial charge in [0.05, 0.1) is 13.2 Å². The fourth-order valence-electron chi connectivity index (χ4n) is 3.28. The molecule has 2 fully saturated rings. The lowest BCUT2D eigenvalue weighted by Gasteiger charge is -2.49. The average molecular weight is 312 g/mol. The van der Waals surface area contributed by atoms with Crippen LogP contribution in [0.3, 0.4) is 0 Å². The van der Waals surface area contributed by atoms with Crippen molar-refractivity contribution in [2.75, 3.05) is 59.5 Å². The number of piperidine rings is 1. The minimum absolute atomic E-state index is 0.0414. The van der Waals surface area contributed by atoms with Crippen LogP contribution in [0.15, 0.2) is 0 Å². The molecule has 0 aromatic heterocycles. The molecular formula is C16H32N4O2. The van der Waals surface area contributed by atoms with Crippen LogP contribution >= 0.6 is 0 Å². The third kappa shape index (κ3) is 4.83. The number of carbonyl (C=O) groups excluding carboxylic acids is 1. The van der Waals surface area contributed by atoms with Gasteiger partial charge in [0.2, 0.25) is 0 Å². The van der Waals surface area contributed by atoms with E-state index >= 15 is 0 Å². The van der Waals surface area contributed by atoms with Gasteiger partial charge in [0.1, 0.15) is 0 Å². The molecule has 2 amide bonds. The first-order valence-corrected chi connectivity index (χ1v) is 8.55. The summed E-state index contributed by atoms with van der Waals surface area (Å²) in [5, 5.41) is 6.06. The summed E-state index contributed by atoms with van der Waals surface area (Å²) in [5.74, 6) is 0.474. The molecule has 0 unspecified atom stereocenters. The molecule has 128 valence electrons. The van der Waals surface area contributed by atoms with Crippen LogP contribution in [0.2, 0.25) is 0 Å². The zero-order valence-corrected chi connectivity index (χ0v) is 14.4. The molecule has 0 aliphatic carbocycles. The number of hydrogen-bond acceptors (Lipinski definition) is 4. The van der Waals surface area contributed by atoms with Crippen molar-refractivity contribution in [2.45, 2.75) is 32.2 Å². The van der Waals surface area contributed by atoms with Crippen LogP contribution in [-0.4, -0.2) is 80.9 Å². The van der Waals surface area contributed by atoms with E-state index in [-0.39, 0.29) is 11.6 Å². The molecule has 2 rings (SSSR count). The lowest BCUT2D eigenvalue weighted by molar-refractivity contribution is -0.0435. The molecule has 2 N–H and O–H groups in total. The number of hydrogen-bond donors (Lipinski definition) is 2. The normalized spacial score (nSPS) is 23.5. The quantitative estimate of drug-likeness (QED) is 0.786. The molecule has 0 bridgehead atoms. The van der Waals surface area contributed by atoms with Gasteiger partial charge in [0, 0.05) is 31.7 Å². The monoisotopic (exact) mass is 312 g/mol. The van der Waals surface area contributed by atoms with Crippen molar-refractivity contribution in [3.8, 4) is 0 Å². The molecule has 2 saturated heterocycles. The molecule has 0 saturated carbocycles. The van der Waals surface area contributed by atoms with Crippen molar-refractivity contribution in [1.82, 2.24) is 20.4 Å². The highest BCUT2D eigenvalue weighted by atomic mass is 16.5. The van der Waals surface area contributed by atoms with E-state index in [0.29, 0.717) is 5.92 Å². The van der Waals surface area contributed by atoms with E-state index in [0.717, 1.165) is 65.3 Å². The first kappa shape index (κ1) is 17.5. The topological polar surface area (TPSA) is 56.8 Å². The number of amides is 2. The molecule has 22 heavy (non-hydrogen) atoms. The molecule has 0 aromatic carbocycles. The summed E-state index contributed by atoms with van der Waals surface area (Å²) >= 11 is 0. The highest BCUT2D eigenvalue weighted by Gasteiger charge is 2.40. The Labute approximate surface area is 134 Å². The number of rotatable bonds is 5. The Morgan fingerprint density at radius 2 is 1.77 bits per heavy atom. The van der Waals surface area contributed by atoms with Gasteiger partial charge in [-0.2, -0.15) is 0 Å². The minimum atomic E-state index is -0.0414. The molecule has 2 heterocycles. The van der Waals surface area contributed by atoms with E-state index in [2.05, 4.69) is 41.3 Å². The van der Waals surface area contributed by atoms with E-state index in [1.165, 1.54) is 0 Å². The smallest absolute Gasteiger partial charge is 0.314 e. The fourth-order valence-corrected chi connectivity index (χ4v) is 3.28. The first-order valence-electron chi connectivity index (χ1n) is 8.55. The zero-order valence-electron chi connectivity index (χ0n) is 14.4. The number of ether oxygens (including phenoxy) is 1. The molecule has 0 aromatic rings. The average Bonchev–Trinajstić information content (AvgIpc) is 2.53. The van der Waals surface area contributed by atoms with Crippen molar-refractivity contribution in [3.63, 3.8) is 0 Å². The third-order valence-electron chi connectivity index (χ3n) is 4.85. The first-order chi connectivity index (χ1) is 10.5. The lowest BCUT2D eigenvalue weighted by atomic mass is 9.85. The highest BCUT2D eigenvalue weighted by molar-refractivity contribution is 5.73. The molecule has 0 radical (unpaired) electrons. The minimum Gasteiger partial charge on any atom is -0.379 e. The van der Waals surface area contributed by atoms with E-state index < -0.39 is 0 Å². The summed E-state index contributed by atoms with van der Waals surface area (Å²) in [6.45, 7) is 11.4. The second-order valence-corrected chi connectivity index (χ2v) is 7.08. The maximum atomic E-state index is 12.0. The van der Waals surface area contributed by atoms with Gasteiger partial charge in [-0.1, -0.05) is 13.8 Å². The van der Waals surface area contributed by atoms with Crippen LogP contribution in [0.25, 0.3) is 0 Å². The van der Waals surface area contributed by atoms with E-state index in [1.807, 2.05) is 0 Å². The van der Waals surface area contributed by atoms with Crippen LogP contribution in [-0.2, 0) is 4.74 Å². The Morgan fingerprint density at radius 3 is 2.36 bits per heavy atom. The standard InChI is InChI=1S/C16H32N4O2/c1-14(2)12-17-15(21)18-13-16(4-6-19(3)7-5-16)20-8-10-22-11-9-20/h14H,4-13H2,1-3H3,(H2,17,18,21). The van der Waals surface area contributed by atoms with Crippen molar-refractivity contribution >= 4 is 6.03 Å². The maximum Gasteiger partial charge on any atom is 0.314 e. The molecule has 0 atom stereocenters. The van der Waals surface area contributed by atoms with Crippen molar-refractivity contribution in [3.05, 3.63) is 0 Å². The second kappa shape index (κ2) is 8.13. The Balaban J connectivity index is 1.91. The highest BCUT2D eigenvalue weighted by Crippen LogP contribution is 2.28. The van der Waals surface area contributed by atoms with E-state index in [9.17, 15) is 4.79 Å². The van der Waals surface area contributed by atoms with Crippen molar-refractivity contribution in [2.24, 2.45) is 5.92 Å². The SMILES string of the molecule is CC(C)CNC(=O)NCC1(N2CCOCC2)CCN(C)CC1. The molecule has 6 heteroatoms.